The van der Waals surface area contributed by atoms with E-state index in [1.807, 2.05) is 30.3 Å². The molecule has 1 heterocycles. The summed E-state index contributed by atoms with van der Waals surface area (Å²) < 4.78 is 34.0. The molecule has 4 N–H and O–H groups in total. The first-order valence-electron chi connectivity index (χ1n) is 11.2. The molecule has 0 aromatic heterocycles. The summed E-state index contributed by atoms with van der Waals surface area (Å²) in [6.07, 6.45) is 0.0285. The van der Waals surface area contributed by atoms with E-state index in [4.69, 9.17) is 10.5 Å². The number of hydrazone groups is 1. The molecule has 0 fully saturated rings. The number of rotatable bonds is 8. The van der Waals surface area contributed by atoms with Crippen LogP contribution in [0.5, 0.6) is 0 Å². The van der Waals surface area contributed by atoms with Gasteiger partial charge in [0.2, 0.25) is 5.96 Å². The number of urea groups is 1. The molecule has 3 amide bonds. The fourth-order valence-corrected chi connectivity index (χ4v) is 5.10. The van der Waals surface area contributed by atoms with Gasteiger partial charge in [0.25, 0.3) is 5.91 Å². The summed E-state index contributed by atoms with van der Waals surface area (Å²) in [6, 6.07) is 11.5. The number of hydrogen-bond donors (Lipinski definition) is 3. The molecule has 2 aromatic carbocycles. The molecule has 1 aliphatic heterocycles. The van der Waals surface area contributed by atoms with E-state index < -0.39 is 34.5 Å². The lowest BCUT2D eigenvalue weighted by atomic mass is 9.99. The Balaban J connectivity index is 0.00000481. The first-order chi connectivity index (χ1) is 17.2. The van der Waals surface area contributed by atoms with Crippen LogP contribution in [-0.4, -0.2) is 54.8 Å². The standard InChI is InChI=1S/C24H28F2N6O3S.ClH/c1-15(35-3)21(33)32-24(16-8-5-4-6-9-16,12-7-13-29-23(28-2)30-22(27)34)36-20(31-32)18-14-17(25)10-11-19(18)26;/h4-6,8-11,14-15H,7,12-13H2,1-3H3,(H4,27,28,29,30,34);1H/t15-,24+;/m0./s1. The van der Waals surface area contributed by atoms with Crippen molar-refractivity contribution in [1.29, 1.82) is 0 Å². The van der Waals surface area contributed by atoms with Crippen molar-refractivity contribution < 1.29 is 23.1 Å². The van der Waals surface area contributed by atoms with Crippen LogP contribution in [0.3, 0.4) is 0 Å². The summed E-state index contributed by atoms with van der Waals surface area (Å²) in [6.45, 7) is 1.97. The molecular weight excluding hydrogens is 526 g/mol. The Morgan fingerprint density at radius 1 is 1.24 bits per heavy atom. The lowest BCUT2D eigenvalue weighted by molar-refractivity contribution is -0.144. The Morgan fingerprint density at radius 2 is 1.95 bits per heavy atom. The number of carbonyl (C=O) groups is 2. The molecule has 0 radical (unpaired) electrons. The second kappa shape index (κ2) is 13.4. The first kappa shape index (κ1) is 30.0. The second-order valence-electron chi connectivity index (χ2n) is 7.89. The van der Waals surface area contributed by atoms with Crippen LogP contribution in [0.25, 0.3) is 0 Å². The summed E-state index contributed by atoms with van der Waals surface area (Å²) in [5.74, 6) is -1.50. The van der Waals surface area contributed by atoms with Crippen molar-refractivity contribution >= 4 is 47.1 Å². The second-order valence-corrected chi connectivity index (χ2v) is 9.15. The van der Waals surface area contributed by atoms with Gasteiger partial charge in [-0.1, -0.05) is 42.1 Å². The monoisotopic (exact) mass is 554 g/mol. The van der Waals surface area contributed by atoms with E-state index in [2.05, 4.69) is 20.7 Å². The number of thioether (sulfide) groups is 1. The van der Waals surface area contributed by atoms with Crippen molar-refractivity contribution in [1.82, 2.24) is 15.6 Å². The minimum absolute atomic E-state index is 0. The van der Waals surface area contributed by atoms with E-state index in [1.54, 1.807) is 14.0 Å². The number of halogens is 3. The van der Waals surface area contributed by atoms with Crippen molar-refractivity contribution in [2.75, 3.05) is 20.7 Å². The zero-order valence-corrected chi connectivity index (χ0v) is 22.2. The molecule has 0 aliphatic carbocycles. The maximum Gasteiger partial charge on any atom is 0.341 e. The van der Waals surface area contributed by atoms with Crippen LogP contribution in [0.15, 0.2) is 58.6 Å². The number of guanidine groups is 1. The van der Waals surface area contributed by atoms with E-state index in [0.29, 0.717) is 19.4 Å². The molecule has 9 nitrogen and oxygen atoms in total. The summed E-state index contributed by atoms with van der Waals surface area (Å²) in [5.41, 5.74) is 5.83. The van der Waals surface area contributed by atoms with Gasteiger partial charge in [-0.25, -0.2) is 18.6 Å². The maximum absolute atomic E-state index is 14.7. The van der Waals surface area contributed by atoms with Crippen molar-refractivity contribution in [2.24, 2.45) is 15.8 Å². The summed E-state index contributed by atoms with van der Waals surface area (Å²) in [7, 11) is 3.00. The molecular formula is C24H29ClF2N6O3S. The molecule has 37 heavy (non-hydrogen) atoms. The SMILES string of the molecule is CNC(=NC(N)=O)NCCC[C@]1(c2ccccc2)SC(c2cc(F)ccc2F)=NN1C(=O)[C@H](C)OC.Cl. The highest BCUT2D eigenvalue weighted by atomic mass is 35.5. The molecule has 0 bridgehead atoms. The van der Waals surface area contributed by atoms with Gasteiger partial charge in [0.15, 0.2) is 0 Å². The number of methoxy groups -OCH3 is 1. The van der Waals surface area contributed by atoms with Crippen LogP contribution in [0.2, 0.25) is 0 Å². The van der Waals surface area contributed by atoms with E-state index in [-0.39, 0.29) is 29.0 Å². The van der Waals surface area contributed by atoms with Gasteiger partial charge >= 0.3 is 6.03 Å². The molecule has 1 aliphatic rings. The van der Waals surface area contributed by atoms with Crippen LogP contribution in [0.4, 0.5) is 13.6 Å². The summed E-state index contributed by atoms with van der Waals surface area (Å²) in [4.78, 5) is 27.1. The maximum atomic E-state index is 14.7. The number of nitrogens with zero attached hydrogens (tertiary/aromatic N) is 3. The van der Waals surface area contributed by atoms with E-state index >= 15 is 0 Å². The summed E-state index contributed by atoms with van der Waals surface area (Å²) in [5, 5.41) is 11.7. The Labute approximate surface area is 224 Å². The minimum atomic E-state index is -1.07. The quantitative estimate of drug-likeness (QED) is 0.261. The number of ether oxygens (including phenoxy) is 1. The van der Waals surface area contributed by atoms with Gasteiger partial charge in [-0.2, -0.15) is 10.1 Å². The Kier molecular flexibility index (Phi) is 10.8. The first-order valence-corrected chi connectivity index (χ1v) is 12.0. The zero-order valence-electron chi connectivity index (χ0n) is 20.5. The predicted molar refractivity (Wildman–Crippen MR) is 142 cm³/mol. The van der Waals surface area contributed by atoms with Crippen molar-refractivity contribution in [3.63, 3.8) is 0 Å². The molecule has 13 heteroatoms. The van der Waals surface area contributed by atoms with Crippen molar-refractivity contribution in [3.8, 4) is 0 Å². The van der Waals surface area contributed by atoms with Crippen molar-refractivity contribution in [2.45, 2.75) is 30.7 Å². The average molecular weight is 555 g/mol. The number of carbonyl (C=O) groups excluding carboxylic acids is 2. The number of aliphatic imine (C=N–C) groups is 1. The van der Waals surface area contributed by atoms with Gasteiger partial charge in [0.05, 0.1) is 0 Å². The van der Waals surface area contributed by atoms with Gasteiger partial charge in [-0.15, -0.1) is 12.4 Å². The topological polar surface area (TPSA) is 121 Å². The Bertz CT molecular complexity index is 1170. The van der Waals surface area contributed by atoms with Crippen LogP contribution < -0.4 is 16.4 Å². The highest BCUT2D eigenvalue weighted by Crippen LogP contribution is 2.50. The third-order valence-electron chi connectivity index (χ3n) is 5.54. The molecule has 2 atom stereocenters. The molecule has 0 saturated heterocycles. The van der Waals surface area contributed by atoms with Gasteiger partial charge in [0.1, 0.15) is 27.7 Å². The third-order valence-corrected chi connectivity index (χ3v) is 6.98. The molecule has 3 rings (SSSR count). The number of nitrogens with one attached hydrogen (secondary N) is 2. The van der Waals surface area contributed by atoms with E-state index in [9.17, 15) is 18.4 Å². The number of amides is 3. The highest BCUT2D eigenvalue weighted by Gasteiger charge is 2.49. The van der Waals surface area contributed by atoms with Crippen molar-refractivity contribution in [3.05, 3.63) is 71.3 Å². The Morgan fingerprint density at radius 3 is 2.57 bits per heavy atom. The normalized spacial score (nSPS) is 18.0. The van der Waals surface area contributed by atoms with Gasteiger partial charge < -0.3 is 21.1 Å². The number of hydrogen-bond acceptors (Lipinski definition) is 5. The lowest BCUT2D eigenvalue weighted by Crippen LogP contribution is -2.46. The fourth-order valence-electron chi connectivity index (χ4n) is 3.68. The molecule has 2 aromatic rings. The van der Waals surface area contributed by atoms with Crippen LogP contribution >= 0.6 is 24.2 Å². The van der Waals surface area contributed by atoms with Gasteiger partial charge in [0, 0.05) is 26.3 Å². The average Bonchev–Trinajstić information content (AvgIpc) is 3.27. The highest BCUT2D eigenvalue weighted by molar-refractivity contribution is 8.15. The number of benzene rings is 2. The lowest BCUT2D eigenvalue weighted by Gasteiger charge is -2.37. The predicted octanol–water partition coefficient (Wildman–Crippen LogP) is 3.54. The number of nitrogens with two attached hydrogens (primary N) is 1. The van der Waals surface area contributed by atoms with Crippen LogP contribution in [0, 0.1) is 11.6 Å². The third kappa shape index (κ3) is 6.96. The van der Waals surface area contributed by atoms with E-state index in [1.165, 1.54) is 23.9 Å². The Hall–Kier alpha value is -3.22. The fraction of sp³-hybridized carbons (Fsp3) is 0.333. The smallest absolute Gasteiger partial charge is 0.341 e. The minimum Gasteiger partial charge on any atom is -0.372 e. The van der Waals surface area contributed by atoms with Crippen LogP contribution in [-0.2, 0) is 14.4 Å². The largest absolute Gasteiger partial charge is 0.372 e. The molecule has 0 spiro atoms. The molecule has 200 valence electrons. The summed E-state index contributed by atoms with van der Waals surface area (Å²) >= 11 is 1.17. The molecule has 0 saturated carbocycles. The van der Waals surface area contributed by atoms with E-state index in [0.717, 1.165) is 23.8 Å². The number of primary amides is 1. The van der Waals surface area contributed by atoms with Gasteiger partial charge in [-0.3, -0.25) is 4.79 Å². The molecule has 0 unspecified atom stereocenters. The van der Waals surface area contributed by atoms with Gasteiger partial charge in [-0.05, 0) is 43.5 Å². The van der Waals surface area contributed by atoms with Crippen LogP contribution in [0.1, 0.15) is 30.9 Å². The zero-order chi connectivity index (χ0) is 26.3.